The van der Waals surface area contributed by atoms with Crippen molar-refractivity contribution in [1.29, 1.82) is 0 Å². The number of halogens is 3. The van der Waals surface area contributed by atoms with Gasteiger partial charge in [-0.1, -0.05) is 44.0 Å². The number of benzene rings is 2. The lowest BCUT2D eigenvalue weighted by atomic mass is 9.77. The lowest BCUT2D eigenvalue weighted by Gasteiger charge is -2.29. The van der Waals surface area contributed by atoms with Crippen LogP contribution in [0.4, 0.5) is 13.2 Å². The van der Waals surface area contributed by atoms with E-state index in [1.165, 1.54) is 31.2 Å². The van der Waals surface area contributed by atoms with Gasteiger partial charge in [0.2, 0.25) is 0 Å². The van der Waals surface area contributed by atoms with Gasteiger partial charge in [-0.05, 0) is 67.4 Å². The number of hydrogen-bond donors (Lipinski definition) is 0. The Morgan fingerprint density at radius 2 is 1.93 bits per heavy atom. The first-order valence-electron chi connectivity index (χ1n) is 10.3. The molecule has 0 bridgehead atoms. The lowest BCUT2D eigenvalue weighted by molar-refractivity contribution is -0.0505. The summed E-state index contributed by atoms with van der Waals surface area (Å²) in [6.07, 6.45) is 9.68. The Hall–Kier alpha value is -1.97. The van der Waals surface area contributed by atoms with Gasteiger partial charge in [-0.25, -0.2) is 4.39 Å². The summed E-state index contributed by atoms with van der Waals surface area (Å²) in [4.78, 5) is 0. The average Bonchev–Trinajstić information content (AvgIpc) is 2.68. The Bertz CT molecular complexity index is 807. The molecule has 0 aliphatic heterocycles. The quantitative estimate of drug-likeness (QED) is 0.418. The van der Waals surface area contributed by atoms with Crippen molar-refractivity contribution in [2.45, 2.75) is 70.8 Å². The zero-order valence-electron chi connectivity index (χ0n) is 16.5. The fourth-order valence-corrected chi connectivity index (χ4v) is 4.53. The van der Waals surface area contributed by atoms with Crippen molar-refractivity contribution in [1.82, 2.24) is 0 Å². The maximum absolute atomic E-state index is 15.1. The Labute approximate surface area is 165 Å². The Balaban J connectivity index is 1.91. The molecule has 0 aromatic heterocycles. The highest BCUT2D eigenvalue weighted by molar-refractivity contribution is 5.86. The molecular formula is C24H29F3O. The van der Waals surface area contributed by atoms with Crippen molar-refractivity contribution in [3.05, 3.63) is 53.9 Å². The molecule has 28 heavy (non-hydrogen) atoms. The molecule has 2 aromatic rings. The van der Waals surface area contributed by atoms with Crippen LogP contribution in [0.2, 0.25) is 0 Å². The van der Waals surface area contributed by atoms with Crippen molar-refractivity contribution in [3.63, 3.8) is 0 Å². The van der Waals surface area contributed by atoms with E-state index in [-0.39, 0.29) is 17.7 Å². The van der Waals surface area contributed by atoms with Crippen LogP contribution < -0.4 is 4.74 Å². The van der Waals surface area contributed by atoms with Crippen LogP contribution in [-0.2, 0) is 6.42 Å². The van der Waals surface area contributed by atoms with Crippen LogP contribution in [0, 0.1) is 11.7 Å². The van der Waals surface area contributed by atoms with Crippen LogP contribution in [-0.4, -0.2) is 6.61 Å². The second kappa shape index (κ2) is 9.49. The third-order valence-electron chi connectivity index (χ3n) is 5.99. The van der Waals surface area contributed by atoms with Gasteiger partial charge in [0.05, 0.1) is 0 Å². The van der Waals surface area contributed by atoms with Crippen LogP contribution in [0.15, 0.2) is 36.9 Å². The molecule has 4 heteroatoms. The van der Waals surface area contributed by atoms with E-state index in [0.29, 0.717) is 23.1 Å². The molecule has 0 unspecified atom stereocenters. The average molecular weight is 390 g/mol. The summed E-state index contributed by atoms with van der Waals surface area (Å²) in [5.74, 6) is 0.747. The van der Waals surface area contributed by atoms with Crippen LogP contribution in [0.5, 0.6) is 5.75 Å². The first kappa shape index (κ1) is 20.8. The van der Waals surface area contributed by atoms with Gasteiger partial charge in [0, 0.05) is 10.9 Å². The van der Waals surface area contributed by atoms with E-state index in [1.807, 2.05) is 12.1 Å². The molecule has 0 heterocycles. The Morgan fingerprint density at radius 1 is 1.18 bits per heavy atom. The van der Waals surface area contributed by atoms with Gasteiger partial charge in [-0.2, -0.15) is 8.78 Å². The second-order valence-electron chi connectivity index (χ2n) is 7.86. The summed E-state index contributed by atoms with van der Waals surface area (Å²) < 4.78 is 45.4. The van der Waals surface area contributed by atoms with Crippen LogP contribution >= 0.6 is 0 Å². The largest absolute Gasteiger partial charge is 0.434 e. The summed E-state index contributed by atoms with van der Waals surface area (Å²) in [6.45, 7) is 2.88. The van der Waals surface area contributed by atoms with Crippen molar-refractivity contribution in [2.75, 3.05) is 0 Å². The molecule has 1 aliphatic carbocycles. The van der Waals surface area contributed by atoms with E-state index in [1.54, 1.807) is 18.2 Å². The molecule has 1 fully saturated rings. The highest BCUT2D eigenvalue weighted by Gasteiger charge is 2.23. The van der Waals surface area contributed by atoms with Crippen LogP contribution in [0.25, 0.3) is 10.8 Å². The highest BCUT2D eigenvalue weighted by atomic mass is 19.3. The van der Waals surface area contributed by atoms with Gasteiger partial charge in [-0.3, -0.25) is 0 Å². The van der Waals surface area contributed by atoms with E-state index in [0.717, 1.165) is 18.8 Å². The molecule has 0 atom stereocenters. The van der Waals surface area contributed by atoms with Crippen molar-refractivity contribution >= 4 is 10.8 Å². The summed E-state index contributed by atoms with van der Waals surface area (Å²) >= 11 is 0. The molecule has 3 rings (SSSR count). The third-order valence-corrected chi connectivity index (χ3v) is 5.99. The molecule has 152 valence electrons. The fourth-order valence-electron chi connectivity index (χ4n) is 4.53. The van der Waals surface area contributed by atoms with Gasteiger partial charge >= 0.3 is 6.61 Å². The zero-order chi connectivity index (χ0) is 20.1. The normalized spacial score (nSPS) is 19.9. The first-order chi connectivity index (χ1) is 13.5. The SMILES string of the molecule is C=CCCc1c(OC(F)F)cc2cc(C3CCC(CCC)CC3)ccc2c1F. The van der Waals surface area contributed by atoms with Crippen molar-refractivity contribution in [2.24, 2.45) is 5.92 Å². The molecule has 0 spiro atoms. The second-order valence-corrected chi connectivity index (χ2v) is 7.86. The summed E-state index contributed by atoms with van der Waals surface area (Å²) in [6, 6.07) is 7.32. The molecular weight excluding hydrogens is 361 g/mol. The first-order valence-corrected chi connectivity index (χ1v) is 10.3. The van der Waals surface area contributed by atoms with E-state index >= 15 is 4.39 Å². The molecule has 0 radical (unpaired) electrons. The Kier molecular flexibility index (Phi) is 7.03. The number of hydrogen-bond acceptors (Lipinski definition) is 1. The number of ether oxygens (including phenoxy) is 1. The predicted octanol–water partition coefficient (Wildman–Crippen LogP) is 7.77. The molecule has 0 N–H and O–H groups in total. The number of alkyl halides is 2. The fraction of sp³-hybridized carbons (Fsp3) is 0.500. The molecule has 0 amide bonds. The van der Waals surface area contributed by atoms with Crippen LogP contribution in [0.3, 0.4) is 0 Å². The van der Waals surface area contributed by atoms with E-state index in [9.17, 15) is 8.78 Å². The van der Waals surface area contributed by atoms with Crippen molar-refractivity contribution < 1.29 is 17.9 Å². The molecule has 1 nitrogen and oxygen atoms in total. The zero-order valence-corrected chi connectivity index (χ0v) is 16.5. The Morgan fingerprint density at radius 3 is 2.57 bits per heavy atom. The topological polar surface area (TPSA) is 9.23 Å². The van der Waals surface area contributed by atoms with E-state index < -0.39 is 12.4 Å². The molecule has 0 saturated heterocycles. The monoisotopic (exact) mass is 390 g/mol. The smallest absolute Gasteiger partial charge is 0.387 e. The highest BCUT2D eigenvalue weighted by Crippen LogP contribution is 2.39. The minimum Gasteiger partial charge on any atom is -0.434 e. The lowest BCUT2D eigenvalue weighted by Crippen LogP contribution is -2.13. The van der Waals surface area contributed by atoms with Gasteiger partial charge in [0.25, 0.3) is 0 Å². The third kappa shape index (κ3) is 4.71. The van der Waals surface area contributed by atoms with Crippen molar-refractivity contribution in [3.8, 4) is 5.75 Å². The van der Waals surface area contributed by atoms with E-state index in [4.69, 9.17) is 0 Å². The number of fused-ring (bicyclic) bond motifs is 1. The van der Waals surface area contributed by atoms with Gasteiger partial charge in [-0.15, -0.1) is 6.58 Å². The maximum atomic E-state index is 15.1. The van der Waals surface area contributed by atoms with E-state index in [2.05, 4.69) is 18.2 Å². The minimum atomic E-state index is -2.98. The van der Waals surface area contributed by atoms with Gasteiger partial charge in [0.1, 0.15) is 11.6 Å². The number of allylic oxidation sites excluding steroid dienone is 1. The van der Waals surface area contributed by atoms with Gasteiger partial charge < -0.3 is 4.74 Å². The predicted molar refractivity (Wildman–Crippen MR) is 109 cm³/mol. The minimum absolute atomic E-state index is 0.0642. The summed E-state index contributed by atoms with van der Waals surface area (Å²) in [5, 5.41) is 1.09. The summed E-state index contributed by atoms with van der Waals surface area (Å²) in [7, 11) is 0. The number of rotatable bonds is 8. The van der Waals surface area contributed by atoms with Crippen LogP contribution in [0.1, 0.15) is 68.9 Å². The molecule has 2 aromatic carbocycles. The standard InChI is InChI=1S/C24H29F3O/c1-3-5-7-21-22(28-24(26)27)15-19-14-18(12-13-20(19)23(21)25)17-10-8-16(6-4-2)9-11-17/h3,12-17,24H,1,4-11H2,2H3. The molecule has 1 saturated carbocycles. The summed E-state index contributed by atoms with van der Waals surface area (Å²) in [5.41, 5.74) is 1.37. The molecule has 1 aliphatic rings. The maximum Gasteiger partial charge on any atom is 0.387 e. The van der Waals surface area contributed by atoms with Gasteiger partial charge in [0.15, 0.2) is 0 Å².